The molecule has 1 unspecified atom stereocenters. The highest BCUT2D eigenvalue weighted by Crippen LogP contribution is 2.35. The van der Waals surface area contributed by atoms with Crippen molar-refractivity contribution >= 4 is 29.2 Å². The summed E-state index contributed by atoms with van der Waals surface area (Å²) in [5, 5.41) is 3.91. The van der Waals surface area contributed by atoms with E-state index in [1.165, 1.54) is 12.4 Å². The number of carbonyl (C=O) groups is 1. The summed E-state index contributed by atoms with van der Waals surface area (Å²) in [5.74, 6) is 0.650. The molecule has 174 valence electrons. The fourth-order valence-electron chi connectivity index (χ4n) is 3.37. The Hall–Kier alpha value is -2.80. The number of halogens is 2. The van der Waals surface area contributed by atoms with Crippen LogP contribution in [0.3, 0.4) is 0 Å². The van der Waals surface area contributed by atoms with Crippen molar-refractivity contribution in [3.63, 3.8) is 0 Å². The number of hydrogen-bond acceptors (Lipinski definition) is 6. The minimum absolute atomic E-state index is 0.266. The van der Waals surface area contributed by atoms with E-state index in [0.717, 1.165) is 24.1 Å². The van der Waals surface area contributed by atoms with Crippen molar-refractivity contribution < 1.29 is 19.0 Å². The van der Waals surface area contributed by atoms with Gasteiger partial charge >= 0.3 is 5.97 Å². The minimum Gasteiger partial charge on any atom is -0.493 e. The maximum Gasteiger partial charge on any atom is 0.338 e. The van der Waals surface area contributed by atoms with Crippen LogP contribution in [0, 0.1) is 0 Å². The van der Waals surface area contributed by atoms with Crippen molar-refractivity contribution in [2.24, 2.45) is 0 Å². The van der Waals surface area contributed by atoms with E-state index in [-0.39, 0.29) is 6.42 Å². The van der Waals surface area contributed by atoms with Gasteiger partial charge in [0.1, 0.15) is 6.10 Å². The Bertz CT molecular complexity index is 1070. The lowest BCUT2D eigenvalue weighted by Gasteiger charge is -2.21. The van der Waals surface area contributed by atoms with Gasteiger partial charge in [-0.15, -0.1) is 0 Å². The van der Waals surface area contributed by atoms with Crippen LogP contribution in [0.25, 0.3) is 0 Å². The molecule has 3 rings (SSSR count). The zero-order valence-corrected chi connectivity index (χ0v) is 20.2. The lowest BCUT2D eigenvalue weighted by Crippen LogP contribution is -2.15. The Kier molecular flexibility index (Phi) is 8.95. The molecule has 2 aromatic carbocycles. The molecule has 6 nitrogen and oxygen atoms in total. The first kappa shape index (κ1) is 24.8. The van der Waals surface area contributed by atoms with Crippen molar-refractivity contribution in [2.45, 2.75) is 18.9 Å². The Morgan fingerprint density at radius 3 is 2.27 bits per heavy atom. The first-order valence-corrected chi connectivity index (χ1v) is 11.2. The van der Waals surface area contributed by atoms with Gasteiger partial charge in [-0.05, 0) is 61.0 Å². The summed E-state index contributed by atoms with van der Waals surface area (Å²) in [5.41, 5.74) is 2.95. The van der Waals surface area contributed by atoms with E-state index in [1.54, 1.807) is 38.5 Å². The number of benzene rings is 2. The molecule has 0 bridgehead atoms. The number of rotatable bonds is 10. The van der Waals surface area contributed by atoms with Gasteiger partial charge in [0, 0.05) is 18.8 Å². The van der Waals surface area contributed by atoms with Crippen molar-refractivity contribution in [3.05, 3.63) is 87.2 Å². The van der Waals surface area contributed by atoms with Crippen molar-refractivity contribution in [1.82, 2.24) is 10.3 Å². The van der Waals surface area contributed by atoms with Gasteiger partial charge in [0.15, 0.2) is 11.5 Å². The molecule has 0 radical (unpaired) electrons. The third-order valence-electron chi connectivity index (χ3n) is 5.22. The van der Waals surface area contributed by atoms with Crippen LogP contribution in [0.2, 0.25) is 10.0 Å². The average Bonchev–Trinajstić information content (AvgIpc) is 2.84. The smallest absolute Gasteiger partial charge is 0.338 e. The standard InChI is InChI=1S/C25H26Cl2N2O4/c1-28-11-10-16-4-6-17(7-5-16)25(30)33-23(13-19-20(26)14-29-15-21(19)27)18-8-9-22(31-2)24(12-18)32-3/h4-9,12,14-15,23,28H,10-11,13H2,1-3H3. The number of nitrogens with one attached hydrogen (secondary N) is 1. The van der Waals surface area contributed by atoms with Crippen LogP contribution >= 0.6 is 23.2 Å². The van der Waals surface area contributed by atoms with E-state index in [9.17, 15) is 4.79 Å². The van der Waals surface area contributed by atoms with Crippen LogP contribution in [-0.4, -0.2) is 38.8 Å². The maximum atomic E-state index is 13.0. The van der Waals surface area contributed by atoms with Gasteiger partial charge in [0.05, 0.1) is 29.8 Å². The summed E-state index contributed by atoms with van der Waals surface area (Å²) in [7, 11) is 5.02. The van der Waals surface area contributed by atoms with Crippen molar-refractivity contribution in [2.75, 3.05) is 27.8 Å². The van der Waals surface area contributed by atoms with Crippen LogP contribution in [-0.2, 0) is 17.6 Å². The number of ether oxygens (including phenoxy) is 3. The highest BCUT2D eigenvalue weighted by molar-refractivity contribution is 6.35. The topological polar surface area (TPSA) is 69.7 Å². The third kappa shape index (κ3) is 6.38. The molecule has 3 aromatic rings. The third-order valence-corrected chi connectivity index (χ3v) is 5.88. The molecular weight excluding hydrogens is 463 g/mol. The molecule has 1 atom stereocenters. The normalized spacial score (nSPS) is 11.7. The molecule has 0 amide bonds. The molecule has 0 aliphatic rings. The molecule has 0 fully saturated rings. The van der Waals surface area contributed by atoms with Crippen LogP contribution in [0.15, 0.2) is 54.9 Å². The number of likely N-dealkylation sites (N-methyl/N-ethyl adjacent to an activating group) is 1. The van der Waals surface area contributed by atoms with Crippen LogP contribution in [0.5, 0.6) is 11.5 Å². The van der Waals surface area contributed by atoms with Gasteiger partial charge in [-0.2, -0.15) is 0 Å². The number of nitrogens with zero attached hydrogens (tertiary/aromatic N) is 1. The van der Waals surface area contributed by atoms with Crippen LogP contribution < -0.4 is 14.8 Å². The van der Waals surface area contributed by atoms with Gasteiger partial charge in [-0.3, -0.25) is 4.98 Å². The fraction of sp³-hybridized carbons (Fsp3) is 0.280. The van der Waals surface area contributed by atoms with E-state index >= 15 is 0 Å². The minimum atomic E-state index is -0.668. The van der Waals surface area contributed by atoms with Gasteiger partial charge in [-0.25, -0.2) is 4.79 Å². The second-order valence-corrected chi connectivity index (χ2v) is 8.16. The van der Waals surface area contributed by atoms with Gasteiger partial charge < -0.3 is 19.5 Å². The Morgan fingerprint density at radius 2 is 1.67 bits per heavy atom. The first-order valence-electron chi connectivity index (χ1n) is 10.4. The number of pyridine rings is 1. The second kappa shape index (κ2) is 11.9. The highest BCUT2D eigenvalue weighted by atomic mass is 35.5. The summed E-state index contributed by atoms with van der Waals surface area (Å²) < 4.78 is 16.7. The summed E-state index contributed by atoms with van der Waals surface area (Å²) in [6.07, 6.45) is 3.50. The van der Waals surface area contributed by atoms with E-state index in [1.807, 2.05) is 25.2 Å². The Balaban J connectivity index is 1.90. The number of carbonyl (C=O) groups excluding carboxylic acids is 1. The summed E-state index contributed by atoms with van der Waals surface area (Å²) in [4.78, 5) is 17.0. The van der Waals surface area contributed by atoms with E-state index in [4.69, 9.17) is 37.4 Å². The lowest BCUT2D eigenvalue weighted by atomic mass is 10.0. The molecular formula is C25H26Cl2N2O4. The molecule has 0 aliphatic carbocycles. The fourth-order valence-corrected chi connectivity index (χ4v) is 3.89. The first-order chi connectivity index (χ1) is 16.0. The summed E-state index contributed by atoms with van der Waals surface area (Å²) >= 11 is 12.7. The molecule has 1 heterocycles. The SMILES string of the molecule is CNCCc1ccc(C(=O)OC(Cc2c(Cl)cncc2Cl)c2ccc(OC)c(OC)c2)cc1. The van der Waals surface area contributed by atoms with Crippen molar-refractivity contribution in [1.29, 1.82) is 0 Å². The summed E-state index contributed by atoms with van der Waals surface area (Å²) in [6, 6.07) is 12.8. The van der Waals surface area contributed by atoms with Gasteiger partial charge in [0.2, 0.25) is 0 Å². The largest absolute Gasteiger partial charge is 0.493 e. The monoisotopic (exact) mass is 488 g/mol. The zero-order chi connectivity index (χ0) is 23.8. The quantitative estimate of drug-likeness (QED) is 0.390. The molecule has 8 heteroatoms. The Labute approximate surface area is 203 Å². The average molecular weight is 489 g/mol. The van der Waals surface area contributed by atoms with Gasteiger partial charge in [-0.1, -0.05) is 41.4 Å². The molecule has 0 aliphatic heterocycles. The van der Waals surface area contributed by atoms with Gasteiger partial charge in [0.25, 0.3) is 0 Å². The Morgan fingerprint density at radius 1 is 1.00 bits per heavy atom. The number of hydrogen-bond donors (Lipinski definition) is 1. The predicted octanol–water partition coefficient (Wildman–Crippen LogP) is 5.31. The van der Waals surface area contributed by atoms with E-state index < -0.39 is 12.1 Å². The van der Waals surface area contributed by atoms with E-state index in [2.05, 4.69) is 10.3 Å². The number of aromatic nitrogens is 1. The molecule has 0 saturated carbocycles. The molecule has 0 spiro atoms. The highest BCUT2D eigenvalue weighted by Gasteiger charge is 2.23. The van der Waals surface area contributed by atoms with Crippen molar-refractivity contribution in [3.8, 4) is 11.5 Å². The van der Waals surface area contributed by atoms with E-state index in [0.29, 0.717) is 32.7 Å². The maximum absolute atomic E-state index is 13.0. The van der Waals surface area contributed by atoms with Crippen LogP contribution in [0.4, 0.5) is 0 Å². The second-order valence-electron chi connectivity index (χ2n) is 7.34. The molecule has 1 aromatic heterocycles. The molecule has 1 N–H and O–H groups in total. The molecule has 33 heavy (non-hydrogen) atoms. The lowest BCUT2D eigenvalue weighted by molar-refractivity contribution is 0.0297. The zero-order valence-electron chi connectivity index (χ0n) is 18.7. The molecule has 0 saturated heterocycles. The number of methoxy groups -OCH3 is 2. The summed E-state index contributed by atoms with van der Waals surface area (Å²) in [6.45, 7) is 0.860. The van der Waals surface area contributed by atoms with Crippen LogP contribution in [0.1, 0.15) is 33.2 Å². The predicted molar refractivity (Wildman–Crippen MR) is 130 cm³/mol. The number of esters is 1.